The third kappa shape index (κ3) is 6.15. The Morgan fingerprint density at radius 2 is 1.51 bits per heavy atom. The number of aliphatic hydroxyl groups is 2. The van der Waals surface area contributed by atoms with E-state index in [0.29, 0.717) is 33.6 Å². The molecule has 5 heteroatoms. The van der Waals surface area contributed by atoms with Gasteiger partial charge in [0, 0.05) is 27.6 Å². The molecule has 1 aromatic heterocycles. The average Bonchev–Trinajstić information content (AvgIpc) is 3.02. The maximum atomic E-state index is 12.7. The van der Waals surface area contributed by atoms with Crippen molar-refractivity contribution in [3.8, 4) is 40.6 Å². The predicted molar refractivity (Wildman–Crippen MR) is 169 cm³/mol. The minimum Gasteiger partial charge on any atom is -0.460 e. The molecule has 0 bridgehead atoms. The van der Waals surface area contributed by atoms with Crippen molar-refractivity contribution in [2.24, 2.45) is 0 Å². The molecule has 1 aliphatic heterocycles. The van der Waals surface area contributed by atoms with E-state index in [1.807, 2.05) is 91.9 Å². The van der Waals surface area contributed by atoms with Gasteiger partial charge in [0.2, 0.25) is 6.29 Å². The van der Waals surface area contributed by atoms with Gasteiger partial charge in [-0.3, -0.25) is 0 Å². The van der Waals surface area contributed by atoms with Crippen molar-refractivity contribution in [2.45, 2.75) is 32.7 Å². The summed E-state index contributed by atoms with van der Waals surface area (Å²) in [6.45, 7) is 4.10. The molecule has 0 amide bonds. The van der Waals surface area contributed by atoms with Crippen LogP contribution >= 0.6 is 0 Å². The van der Waals surface area contributed by atoms with Crippen LogP contribution < -0.4 is 10.4 Å². The van der Waals surface area contributed by atoms with Crippen LogP contribution in [-0.2, 0) is 6.42 Å². The number of aryl methyl sites for hydroxylation is 2. The smallest absolute Gasteiger partial charge is 0.344 e. The maximum Gasteiger partial charge on any atom is 0.344 e. The van der Waals surface area contributed by atoms with Gasteiger partial charge in [0.15, 0.2) is 6.10 Å². The van der Waals surface area contributed by atoms with Gasteiger partial charge >= 0.3 is 5.63 Å². The second-order valence-corrected chi connectivity index (χ2v) is 10.4. The number of hydrogen-bond acceptors (Lipinski definition) is 5. The van der Waals surface area contributed by atoms with Crippen LogP contribution in [0.2, 0.25) is 0 Å². The molecule has 0 fully saturated rings. The first-order chi connectivity index (χ1) is 20.9. The zero-order valence-electron chi connectivity index (χ0n) is 23.7. The van der Waals surface area contributed by atoms with Crippen LogP contribution in [0.4, 0.5) is 0 Å². The minimum atomic E-state index is -1.20. The Morgan fingerprint density at radius 3 is 2.23 bits per heavy atom. The van der Waals surface area contributed by atoms with Gasteiger partial charge in [-0.1, -0.05) is 90.8 Å². The first-order valence-electron chi connectivity index (χ1n) is 14.0. The number of aliphatic hydroxyl groups excluding tert-OH is 2. The molecule has 43 heavy (non-hydrogen) atoms. The van der Waals surface area contributed by atoms with Crippen molar-refractivity contribution in [3.63, 3.8) is 0 Å². The fourth-order valence-electron chi connectivity index (χ4n) is 4.88. The fourth-order valence-corrected chi connectivity index (χ4v) is 4.88. The number of benzene rings is 4. The molecule has 210 valence electrons. The molecule has 0 aliphatic carbocycles. The molecule has 2 N–H and O–H groups in total. The second kappa shape index (κ2) is 11.9. The molecule has 1 aliphatic rings. The van der Waals surface area contributed by atoms with Gasteiger partial charge in [-0.2, -0.15) is 0 Å². The zero-order valence-corrected chi connectivity index (χ0v) is 23.7. The highest BCUT2D eigenvalue weighted by Crippen LogP contribution is 2.34. The molecule has 6 rings (SSSR count). The summed E-state index contributed by atoms with van der Waals surface area (Å²) in [6.07, 6.45) is 0.535. The molecule has 5 aromatic rings. The highest BCUT2D eigenvalue weighted by atomic mass is 16.6. The maximum absolute atomic E-state index is 12.7. The first kappa shape index (κ1) is 27.8. The van der Waals surface area contributed by atoms with Gasteiger partial charge in [0.25, 0.3) is 0 Å². The van der Waals surface area contributed by atoms with Crippen molar-refractivity contribution in [3.05, 3.63) is 135 Å². The lowest BCUT2D eigenvalue weighted by molar-refractivity contribution is 0.0320. The Hall–Kier alpha value is -5.33. The van der Waals surface area contributed by atoms with Crippen molar-refractivity contribution in [1.82, 2.24) is 0 Å². The molecule has 2 heterocycles. The van der Waals surface area contributed by atoms with E-state index in [1.165, 1.54) is 5.56 Å². The van der Waals surface area contributed by atoms with Gasteiger partial charge < -0.3 is 19.4 Å². The number of fused-ring (bicyclic) bond motifs is 2. The van der Waals surface area contributed by atoms with Crippen molar-refractivity contribution >= 4 is 22.6 Å². The van der Waals surface area contributed by atoms with Gasteiger partial charge in [0.1, 0.15) is 11.3 Å². The zero-order chi connectivity index (χ0) is 29.9. The fraction of sp³-hybridized carbons (Fsp3) is 0.132. The second-order valence-electron chi connectivity index (χ2n) is 10.4. The normalized spacial score (nSPS) is 14.3. The number of hydrogen-bond donors (Lipinski definition) is 2. The summed E-state index contributed by atoms with van der Waals surface area (Å²) in [4.78, 5) is 12.7. The predicted octanol–water partition coefficient (Wildman–Crippen LogP) is 6.35. The van der Waals surface area contributed by atoms with Gasteiger partial charge in [-0.15, -0.1) is 0 Å². The van der Waals surface area contributed by atoms with E-state index < -0.39 is 18.0 Å². The van der Waals surface area contributed by atoms with Crippen LogP contribution in [0.15, 0.2) is 100 Å². The molecule has 2 unspecified atom stereocenters. The van der Waals surface area contributed by atoms with E-state index in [9.17, 15) is 15.0 Å². The van der Waals surface area contributed by atoms with Gasteiger partial charge in [-0.05, 0) is 72.5 Å². The Labute approximate surface area is 249 Å². The molecule has 2 atom stereocenters. The molecule has 5 nitrogen and oxygen atoms in total. The number of rotatable bonds is 3. The summed E-state index contributed by atoms with van der Waals surface area (Å²) in [6, 6.07) is 28.3. The first-order valence-corrected chi connectivity index (χ1v) is 14.0. The summed E-state index contributed by atoms with van der Waals surface area (Å²) in [5.74, 6) is 11.8. The Morgan fingerprint density at radius 1 is 0.837 bits per heavy atom. The molecule has 0 radical (unpaired) electrons. The summed E-state index contributed by atoms with van der Waals surface area (Å²) in [5.41, 5.74) is 7.26. The summed E-state index contributed by atoms with van der Waals surface area (Å²) >= 11 is 0. The Bertz CT molecular complexity index is 2040. The standard InChI is InChI=1S/C38H28O5/c1-3-25-6-14-29(15-7-25)34-23-31-17-9-27(21-36(31)43-38(34)41)11-19-32(39)18-10-26-8-16-30-22-33(37(40)42-35(30)20-26)28-12-4-24(2)5-13-28/h4-9,12-17,20-23,32,37,39-40H,3H2,1-2H3. The van der Waals surface area contributed by atoms with E-state index in [4.69, 9.17) is 9.15 Å². The molecular formula is C38H28O5. The average molecular weight is 565 g/mol. The van der Waals surface area contributed by atoms with Gasteiger partial charge in [0.05, 0.1) is 5.56 Å². The monoisotopic (exact) mass is 564 g/mol. The highest BCUT2D eigenvalue weighted by Gasteiger charge is 2.22. The quantitative estimate of drug-likeness (QED) is 0.197. The Kier molecular flexibility index (Phi) is 7.69. The van der Waals surface area contributed by atoms with E-state index in [-0.39, 0.29) is 0 Å². The van der Waals surface area contributed by atoms with E-state index in [2.05, 4.69) is 30.6 Å². The summed E-state index contributed by atoms with van der Waals surface area (Å²) < 4.78 is 11.4. The van der Waals surface area contributed by atoms with Crippen LogP contribution in [0.1, 0.15) is 40.3 Å². The minimum absolute atomic E-state index is 0.419. The highest BCUT2D eigenvalue weighted by molar-refractivity contribution is 5.87. The topological polar surface area (TPSA) is 79.9 Å². The van der Waals surface area contributed by atoms with E-state index >= 15 is 0 Å². The van der Waals surface area contributed by atoms with Crippen LogP contribution in [-0.4, -0.2) is 22.6 Å². The van der Waals surface area contributed by atoms with Crippen LogP contribution in [0.5, 0.6) is 5.75 Å². The lowest BCUT2D eigenvalue weighted by Crippen LogP contribution is -2.21. The molecular weight excluding hydrogens is 536 g/mol. The summed E-state index contributed by atoms with van der Waals surface area (Å²) in [7, 11) is 0. The molecule has 0 saturated heterocycles. The van der Waals surface area contributed by atoms with Crippen LogP contribution in [0.25, 0.3) is 33.7 Å². The van der Waals surface area contributed by atoms with Crippen LogP contribution in [0.3, 0.4) is 0 Å². The molecule has 0 saturated carbocycles. The lowest BCUT2D eigenvalue weighted by Gasteiger charge is -2.23. The summed E-state index contributed by atoms with van der Waals surface area (Å²) in [5, 5.41) is 21.7. The van der Waals surface area contributed by atoms with Crippen molar-refractivity contribution in [1.29, 1.82) is 0 Å². The molecule has 0 spiro atoms. The van der Waals surface area contributed by atoms with Gasteiger partial charge in [-0.25, -0.2) is 4.79 Å². The largest absolute Gasteiger partial charge is 0.460 e. The third-order valence-electron chi connectivity index (χ3n) is 7.33. The SMILES string of the molecule is CCc1ccc(-c2cc3ccc(C#CC(O)C#Cc4ccc5c(c4)OC(O)C(c4ccc(C)cc4)=C5)cc3oc2=O)cc1. The van der Waals surface area contributed by atoms with Crippen LogP contribution in [0, 0.1) is 30.6 Å². The Balaban J connectivity index is 1.17. The van der Waals surface area contributed by atoms with E-state index in [0.717, 1.165) is 34.1 Å². The molecule has 4 aromatic carbocycles. The lowest BCUT2D eigenvalue weighted by atomic mass is 9.98. The number of ether oxygens (including phenoxy) is 1. The van der Waals surface area contributed by atoms with Crippen molar-refractivity contribution < 1.29 is 19.4 Å². The van der Waals surface area contributed by atoms with E-state index in [1.54, 1.807) is 12.1 Å². The van der Waals surface area contributed by atoms with Crippen molar-refractivity contribution in [2.75, 3.05) is 0 Å². The third-order valence-corrected chi connectivity index (χ3v) is 7.33.